The van der Waals surface area contributed by atoms with Crippen LogP contribution in [-0.2, 0) is 21.3 Å². The van der Waals surface area contributed by atoms with Crippen LogP contribution in [0.25, 0.3) is 0 Å². The highest BCUT2D eigenvalue weighted by molar-refractivity contribution is 6.36. The van der Waals surface area contributed by atoms with Crippen LogP contribution in [0, 0.1) is 11.8 Å². The second kappa shape index (κ2) is 11.5. The summed E-state index contributed by atoms with van der Waals surface area (Å²) >= 11 is 6.86. The molecule has 40 heavy (non-hydrogen) atoms. The van der Waals surface area contributed by atoms with Crippen molar-refractivity contribution in [3.63, 3.8) is 0 Å². The van der Waals surface area contributed by atoms with Gasteiger partial charge in [0.15, 0.2) is 0 Å². The number of carboxylic acids is 1. The molecule has 7 nitrogen and oxygen atoms in total. The largest absolute Gasteiger partial charge is 0.490 e. The molecule has 6 atom stereocenters. The number of nitrogens with zero attached hydrogens (tertiary/aromatic N) is 1. The van der Waals surface area contributed by atoms with Gasteiger partial charge in [0.05, 0.1) is 47.8 Å². The first-order chi connectivity index (χ1) is 19.4. The third-order valence-electron chi connectivity index (χ3n) is 9.67. The summed E-state index contributed by atoms with van der Waals surface area (Å²) in [5.41, 5.74) is 3.33. The van der Waals surface area contributed by atoms with Crippen LogP contribution in [0.3, 0.4) is 0 Å². The lowest BCUT2D eigenvalue weighted by molar-refractivity contribution is -0.134. The Morgan fingerprint density at radius 2 is 2.08 bits per heavy atom. The zero-order chi connectivity index (χ0) is 27.9. The number of aromatic carboxylic acids is 1. The molecular formula is C32H40ClNO6. The van der Waals surface area contributed by atoms with E-state index < -0.39 is 5.97 Å². The highest BCUT2D eigenvalue weighted by atomic mass is 35.5. The average Bonchev–Trinajstić information content (AvgIpc) is 3.09. The molecule has 2 unspecified atom stereocenters. The quantitative estimate of drug-likeness (QED) is 0.456. The molecule has 0 bridgehead atoms. The van der Waals surface area contributed by atoms with Gasteiger partial charge in [-0.3, -0.25) is 0 Å². The van der Waals surface area contributed by atoms with Crippen molar-refractivity contribution in [1.29, 1.82) is 0 Å². The number of anilines is 1. The fraction of sp³-hybridized carbons (Fsp3) is 0.594. The van der Waals surface area contributed by atoms with E-state index in [0.29, 0.717) is 36.5 Å². The Morgan fingerprint density at radius 3 is 2.85 bits per heavy atom. The molecule has 1 spiro atoms. The van der Waals surface area contributed by atoms with Crippen LogP contribution in [0.15, 0.2) is 36.4 Å². The molecule has 2 aromatic rings. The molecule has 1 saturated carbocycles. The Kier molecular flexibility index (Phi) is 8.01. The van der Waals surface area contributed by atoms with Crippen molar-refractivity contribution < 1.29 is 29.2 Å². The number of rotatable bonds is 7. The Hall–Kier alpha value is -2.32. The Morgan fingerprint density at radius 1 is 1.23 bits per heavy atom. The molecule has 0 amide bonds. The predicted octanol–water partition coefficient (Wildman–Crippen LogP) is 5.48. The number of hydrogen-bond donors (Lipinski definition) is 2. The topological polar surface area (TPSA) is 88.5 Å². The monoisotopic (exact) mass is 569 g/mol. The highest BCUT2D eigenvalue weighted by Crippen LogP contribution is 2.49. The van der Waals surface area contributed by atoms with Crippen molar-refractivity contribution in [2.75, 3.05) is 37.8 Å². The molecule has 4 aliphatic rings. The standard InChI is InChI=1S/C32H40ClNO6/c1-20(17-35)40-23-12-14-38-28(15-23)24-9-8-22(24)16-34-18-32(13-4-6-21-5-2-3-7-26(21)32)19-39-27-11-10-25(31(36)37)29(33)30(27)34/h2-3,5,7,10-11,20,22-24,28,35H,4,6,8-9,12-19H2,1H3,(H,36,37)/t20?,22-,23-,24+,28-,32?/m0/s1. The molecule has 2 N–H and O–H groups in total. The van der Waals surface area contributed by atoms with Gasteiger partial charge in [0.25, 0.3) is 0 Å². The molecule has 0 radical (unpaired) electrons. The third kappa shape index (κ3) is 5.22. The predicted molar refractivity (Wildman–Crippen MR) is 154 cm³/mol. The van der Waals surface area contributed by atoms with Gasteiger partial charge in [-0.05, 0) is 80.5 Å². The molecule has 2 aliphatic heterocycles. The van der Waals surface area contributed by atoms with E-state index in [9.17, 15) is 15.0 Å². The summed E-state index contributed by atoms with van der Waals surface area (Å²) in [5.74, 6) is 0.422. The van der Waals surface area contributed by atoms with E-state index in [2.05, 4.69) is 29.2 Å². The minimum Gasteiger partial charge on any atom is -0.490 e. The second-order valence-corrected chi connectivity index (χ2v) is 12.6. The van der Waals surface area contributed by atoms with Crippen LogP contribution >= 0.6 is 11.6 Å². The number of carbonyl (C=O) groups is 1. The minimum atomic E-state index is -1.03. The molecule has 216 valence electrons. The van der Waals surface area contributed by atoms with Gasteiger partial charge in [-0.2, -0.15) is 0 Å². The SMILES string of the molecule is CC(CO)O[C@H]1CCO[C@H]([C@@H]2CC[C@H]2CN2CC3(CCCc4ccccc43)COc3ccc(C(=O)O)c(Cl)c32)C1. The lowest BCUT2D eigenvalue weighted by Gasteiger charge is -2.48. The van der Waals surface area contributed by atoms with Gasteiger partial charge >= 0.3 is 5.97 Å². The summed E-state index contributed by atoms with van der Waals surface area (Å²) in [6, 6.07) is 12.0. The Bertz CT molecular complexity index is 1240. The van der Waals surface area contributed by atoms with Crippen LogP contribution in [0.4, 0.5) is 5.69 Å². The average molecular weight is 570 g/mol. The smallest absolute Gasteiger partial charge is 0.337 e. The summed E-state index contributed by atoms with van der Waals surface area (Å²) in [6.45, 7) is 4.64. The van der Waals surface area contributed by atoms with E-state index in [4.69, 9.17) is 25.8 Å². The van der Waals surface area contributed by atoms with Crippen molar-refractivity contribution in [3.8, 4) is 5.75 Å². The van der Waals surface area contributed by atoms with Gasteiger partial charge in [0, 0.05) is 31.5 Å². The Labute approximate surface area is 241 Å². The summed E-state index contributed by atoms with van der Waals surface area (Å²) in [7, 11) is 0. The number of aliphatic hydroxyl groups is 1. The van der Waals surface area contributed by atoms with Gasteiger partial charge in [0.2, 0.25) is 0 Å². The van der Waals surface area contributed by atoms with Crippen LogP contribution in [0.1, 0.15) is 66.9 Å². The van der Waals surface area contributed by atoms with Gasteiger partial charge in [0.1, 0.15) is 5.75 Å². The van der Waals surface area contributed by atoms with E-state index >= 15 is 0 Å². The highest BCUT2D eigenvalue weighted by Gasteiger charge is 2.46. The fourth-order valence-electron chi connectivity index (χ4n) is 7.49. The van der Waals surface area contributed by atoms with E-state index in [-0.39, 0.29) is 40.9 Å². The molecule has 6 rings (SSSR count). The first-order valence-corrected chi connectivity index (χ1v) is 15.2. The van der Waals surface area contributed by atoms with Crippen molar-refractivity contribution >= 4 is 23.3 Å². The van der Waals surface area contributed by atoms with Gasteiger partial charge in [-0.1, -0.05) is 35.9 Å². The number of aliphatic hydroxyl groups excluding tert-OH is 1. The van der Waals surface area contributed by atoms with Crippen LogP contribution < -0.4 is 9.64 Å². The molecule has 2 fully saturated rings. The van der Waals surface area contributed by atoms with Crippen molar-refractivity contribution in [1.82, 2.24) is 0 Å². The summed E-state index contributed by atoms with van der Waals surface area (Å²) in [6.07, 6.45) is 7.11. The summed E-state index contributed by atoms with van der Waals surface area (Å²) in [5, 5.41) is 19.6. The maximum absolute atomic E-state index is 12.0. The minimum absolute atomic E-state index is 0.0223. The maximum atomic E-state index is 12.0. The Balaban J connectivity index is 1.30. The molecular weight excluding hydrogens is 530 g/mol. The lowest BCUT2D eigenvalue weighted by Crippen LogP contribution is -2.51. The first-order valence-electron chi connectivity index (χ1n) is 14.8. The number of hydrogen-bond acceptors (Lipinski definition) is 6. The second-order valence-electron chi connectivity index (χ2n) is 12.2. The maximum Gasteiger partial charge on any atom is 0.337 e. The number of fused-ring (bicyclic) bond motifs is 3. The number of ether oxygens (including phenoxy) is 3. The van der Waals surface area contributed by atoms with Crippen molar-refractivity contribution in [2.45, 2.75) is 75.6 Å². The van der Waals surface area contributed by atoms with Crippen LogP contribution in [0.5, 0.6) is 5.75 Å². The van der Waals surface area contributed by atoms with Crippen LogP contribution in [-0.4, -0.2) is 67.4 Å². The van der Waals surface area contributed by atoms with E-state index in [1.54, 1.807) is 12.1 Å². The number of carboxylic acid groups (broad SMARTS) is 1. The molecule has 2 aliphatic carbocycles. The van der Waals surface area contributed by atoms with Gasteiger partial charge in [-0.25, -0.2) is 4.79 Å². The van der Waals surface area contributed by atoms with Crippen molar-refractivity contribution in [3.05, 3.63) is 58.1 Å². The molecule has 8 heteroatoms. The van der Waals surface area contributed by atoms with Gasteiger partial charge < -0.3 is 29.3 Å². The third-order valence-corrected chi connectivity index (χ3v) is 10.1. The van der Waals surface area contributed by atoms with Crippen LogP contribution in [0.2, 0.25) is 5.02 Å². The molecule has 0 aromatic heterocycles. The summed E-state index contributed by atoms with van der Waals surface area (Å²) < 4.78 is 18.9. The zero-order valence-corrected chi connectivity index (χ0v) is 23.9. The summed E-state index contributed by atoms with van der Waals surface area (Å²) in [4.78, 5) is 14.4. The fourth-order valence-corrected chi connectivity index (χ4v) is 7.85. The lowest BCUT2D eigenvalue weighted by atomic mass is 9.67. The van der Waals surface area contributed by atoms with Crippen molar-refractivity contribution in [2.24, 2.45) is 11.8 Å². The van der Waals surface area contributed by atoms with E-state index in [1.165, 1.54) is 11.1 Å². The van der Waals surface area contributed by atoms with E-state index in [0.717, 1.165) is 58.0 Å². The first kappa shape index (κ1) is 27.8. The normalized spacial score (nSPS) is 30.4. The zero-order valence-electron chi connectivity index (χ0n) is 23.2. The molecule has 2 heterocycles. The molecule has 1 saturated heterocycles. The molecule has 2 aromatic carbocycles. The number of aryl methyl sites for hydroxylation is 1. The van der Waals surface area contributed by atoms with Gasteiger partial charge in [-0.15, -0.1) is 0 Å². The van der Waals surface area contributed by atoms with E-state index in [1.807, 2.05) is 6.92 Å². The number of halogens is 1. The number of benzene rings is 2.